The van der Waals surface area contributed by atoms with E-state index in [4.69, 9.17) is 17.3 Å². The largest absolute Gasteiger partial charge is 0.378 e. The van der Waals surface area contributed by atoms with Crippen molar-refractivity contribution in [2.45, 2.75) is 32.2 Å². The smallest absolute Gasteiger partial charge is 0.0520 e. The van der Waals surface area contributed by atoms with Crippen LogP contribution in [0.1, 0.15) is 26.7 Å². The first-order valence-corrected chi connectivity index (χ1v) is 7.87. The molecule has 0 saturated carbocycles. The van der Waals surface area contributed by atoms with Gasteiger partial charge in [0.1, 0.15) is 0 Å². The lowest BCUT2D eigenvalue weighted by atomic mass is 9.87. The van der Waals surface area contributed by atoms with Crippen molar-refractivity contribution >= 4 is 17.3 Å². The average Bonchev–Trinajstić information content (AvgIpc) is 2.41. The molecular formula is C16H26ClN3. The quantitative estimate of drug-likeness (QED) is 0.876. The summed E-state index contributed by atoms with van der Waals surface area (Å²) in [6.45, 7) is 8.61. The first-order chi connectivity index (χ1) is 9.53. The van der Waals surface area contributed by atoms with Gasteiger partial charge in [0.2, 0.25) is 0 Å². The standard InChI is InChI=1S/C16H26ClN3/c1-13(2)11-20-8-6-16(12-18,7-9-20)19-15-5-3-4-14(17)10-15/h3-5,10,13,19H,6-9,11-12,18H2,1-2H3. The fourth-order valence-corrected chi connectivity index (χ4v) is 3.12. The Labute approximate surface area is 127 Å². The van der Waals surface area contributed by atoms with Gasteiger partial charge in [-0.1, -0.05) is 31.5 Å². The maximum atomic E-state index is 6.06. The van der Waals surface area contributed by atoms with Crippen LogP contribution >= 0.6 is 11.6 Å². The monoisotopic (exact) mass is 295 g/mol. The predicted molar refractivity (Wildman–Crippen MR) is 87.4 cm³/mol. The Morgan fingerprint density at radius 2 is 2.05 bits per heavy atom. The minimum atomic E-state index is 0.0121. The lowest BCUT2D eigenvalue weighted by Gasteiger charge is -2.43. The van der Waals surface area contributed by atoms with Crippen LogP contribution in [0.5, 0.6) is 0 Å². The number of hydrogen-bond acceptors (Lipinski definition) is 3. The number of piperidine rings is 1. The molecule has 20 heavy (non-hydrogen) atoms. The Bertz CT molecular complexity index is 425. The maximum absolute atomic E-state index is 6.06. The number of halogens is 1. The Kier molecular flexibility index (Phi) is 5.30. The summed E-state index contributed by atoms with van der Waals surface area (Å²) in [6.07, 6.45) is 2.17. The third-order valence-corrected chi connectivity index (χ3v) is 4.30. The second-order valence-electron chi connectivity index (χ2n) is 6.31. The molecule has 1 fully saturated rings. The minimum Gasteiger partial charge on any atom is -0.378 e. The van der Waals surface area contributed by atoms with E-state index in [1.807, 2.05) is 18.2 Å². The van der Waals surface area contributed by atoms with E-state index in [9.17, 15) is 0 Å². The van der Waals surface area contributed by atoms with E-state index in [1.54, 1.807) is 0 Å². The molecule has 1 aromatic rings. The molecule has 1 heterocycles. The number of hydrogen-bond donors (Lipinski definition) is 2. The van der Waals surface area contributed by atoms with Gasteiger partial charge in [-0.15, -0.1) is 0 Å². The highest BCUT2D eigenvalue weighted by Crippen LogP contribution is 2.27. The maximum Gasteiger partial charge on any atom is 0.0520 e. The Balaban J connectivity index is 1.98. The molecule has 1 aliphatic rings. The molecule has 3 N–H and O–H groups in total. The van der Waals surface area contributed by atoms with Crippen molar-refractivity contribution in [1.82, 2.24) is 4.90 Å². The summed E-state index contributed by atoms with van der Waals surface area (Å²) in [5.41, 5.74) is 7.14. The summed E-state index contributed by atoms with van der Waals surface area (Å²) in [7, 11) is 0. The molecule has 0 unspecified atom stereocenters. The lowest BCUT2D eigenvalue weighted by molar-refractivity contribution is 0.161. The number of rotatable bonds is 5. The summed E-state index contributed by atoms with van der Waals surface area (Å²) >= 11 is 6.05. The van der Waals surface area contributed by atoms with Crippen molar-refractivity contribution in [3.05, 3.63) is 29.3 Å². The van der Waals surface area contributed by atoms with Crippen LogP contribution in [0.3, 0.4) is 0 Å². The summed E-state index contributed by atoms with van der Waals surface area (Å²) in [4.78, 5) is 2.54. The highest BCUT2D eigenvalue weighted by molar-refractivity contribution is 6.30. The molecule has 0 aliphatic carbocycles. The van der Waals surface area contributed by atoms with Crippen molar-refractivity contribution in [2.75, 3.05) is 31.5 Å². The molecule has 4 heteroatoms. The van der Waals surface area contributed by atoms with Gasteiger partial charge in [-0.05, 0) is 37.0 Å². The molecule has 0 bridgehead atoms. The van der Waals surface area contributed by atoms with Crippen LogP contribution in [-0.2, 0) is 0 Å². The van der Waals surface area contributed by atoms with Crippen LogP contribution in [0, 0.1) is 5.92 Å². The summed E-state index contributed by atoms with van der Waals surface area (Å²) in [5, 5.41) is 4.39. The molecule has 1 saturated heterocycles. The normalized spacial score (nSPS) is 19.2. The number of benzene rings is 1. The van der Waals surface area contributed by atoms with Crippen molar-refractivity contribution < 1.29 is 0 Å². The van der Waals surface area contributed by atoms with E-state index in [1.165, 1.54) is 6.54 Å². The molecule has 112 valence electrons. The van der Waals surface area contributed by atoms with Crippen LogP contribution in [0.25, 0.3) is 0 Å². The second-order valence-corrected chi connectivity index (χ2v) is 6.75. The van der Waals surface area contributed by atoms with Gasteiger partial charge in [0.05, 0.1) is 5.54 Å². The third-order valence-electron chi connectivity index (χ3n) is 4.06. The fourth-order valence-electron chi connectivity index (χ4n) is 2.93. The highest BCUT2D eigenvalue weighted by atomic mass is 35.5. The highest BCUT2D eigenvalue weighted by Gasteiger charge is 2.33. The van der Waals surface area contributed by atoms with E-state index in [2.05, 4.69) is 30.1 Å². The average molecular weight is 296 g/mol. The van der Waals surface area contributed by atoms with Gasteiger partial charge in [-0.2, -0.15) is 0 Å². The summed E-state index contributed by atoms with van der Waals surface area (Å²) < 4.78 is 0. The van der Waals surface area contributed by atoms with E-state index in [-0.39, 0.29) is 5.54 Å². The first-order valence-electron chi connectivity index (χ1n) is 7.49. The predicted octanol–water partition coefficient (Wildman–Crippen LogP) is 3.20. The van der Waals surface area contributed by atoms with E-state index in [0.717, 1.165) is 42.6 Å². The van der Waals surface area contributed by atoms with Crippen molar-refractivity contribution in [1.29, 1.82) is 0 Å². The molecule has 0 aromatic heterocycles. The van der Waals surface area contributed by atoms with Crippen molar-refractivity contribution in [3.8, 4) is 0 Å². The first kappa shape index (κ1) is 15.6. The van der Waals surface area contributed by atoms with Crippen LogP contribution in [0.2, 0.25) is 5.02 Å². The number of nitrogens with one attached hydrogen (secondary N) is 1. The SMILES string of the molecule is CC(C)CN1CCC(CN)(Nc2cccc(Cl)c2)CC1. The van der Waals surface area contributed by atoms with Crippen LogP contribution in [-0.4, -0.2) is 36.6 Å². The van der Waals surface area contributed by atoms with E-state index in [0.29, 0.717) is 6.54 Å². The van der Waals surface area contributed by atoms with Gasteiger partial charge in [-0.3, -0.25) is 0 Å². The molecule has 1 aliphatic heterocycles. The molecule has 0 amide bonds. The van der Waals surface area contributed by atoms with Gasteiger partial charge in [0.25, 0.3) is 0 Å². The molecule has 2 rings (SSSR count). The number of anilines is 1. The minimum absolute atomic E-state index is 0.0121. The van der Waals surface area contributed by atoms with Gasteiger partial charge in [-0.25, -0.2) is 0 Å². The van der Waals surface area contributed by atoms with Crippen LogP contribution in [0.15, 0.2) is 24.3 Å². The molecule has 0 atom stereocenters. The topological polar surface area (TPSA) is 41.3 Å². The van der Waals surface area contributed by atoms with Crippen LogP contribution < -0.4 is 11.1 Å². The molecular weight excluding hydrogens is 270 g/mol. The molecule has 3 nitrogen and oxygen atoms in total. The zero-order chi connectivity index (χ0) is 14.6. The number of nitrogens with zero attached hydrogens (tertiary/aromatic N) is 1. The Morgan fingerprint density at radius 3 is 2.60 bits per heavy atom. The Morgan fingerprint density at radius 1 is 1.35 bits per heavy atom. The fraction of sp³-hybridized carbons (Fsp3) is 0.625. The molecule has 0 radical (unpaired) electrons. The summed E-state index contributed by atoms with van der Waals surface area (Å²) in [6, 6.07) is 7.90. The lowest BCUT2D eigenvalue weighted by Crippen LogP contribution is -2.54. The van der Waals surface area contributed by atoms with Gasteiger partial charge in [0.15, 0.2) is 0 Å². The zero-order valence-electron chi connectivity index (χ0n) is 12.5. The second kappa shape index (κ2) is 6.79. The van der Waals surface area contributed by atoms with Gasteiger partial charge >= 0.3 is 0 Å². The van der Waals surface area contributed by atoms with Crippen molar-refractivity contribution in [3.63, 3.8) is 0 Å². The molecule has 0 spiro atoms. The van der Waals surface area contributed by atoms with Gasteiger partial charge < -0.3 is 16.0 Å². The van der Waals surface area contributed by atoms with Crippen LogP contribution in [0.4, 0.5) is 5.69 Å². The van der Waals surface area contributed by atoms with E-state index < -0.39 is 0 Å². The molecule has 1 aromatic carbocycles. The van der Waals surface area contributed by atoms with Gasteiger partial charge in [0, 0.05) is 36.9 Å². The zero-order valence-corrected chi connectivity index (χ0v) is 13.3. The van der Waals surface area contributed by atoms with E-state index >= 15 is 0 Å². The van der Waals surface area contributed by atoms with Crippen molar-refractivity contribution in [2.24, 2.45) is 11.7 Å². The number of likely N-dealkylation sites (tertiary alicyclic amines) is 1. The number of nitrogens with two attached hydrogens (primary N) is 1. The summed E-state index contributed by atoms with van der Waals surface area (Å²) in [5.74, 6) is 0.723. The Hall–Kier alpha value is -0.770. The third kappa shape index (κ3) is 4.11.